The number of Topliss-reactive ketones (excluding diaryl/α,β-unsaturated/α-hetero) is 1. The maximum absolute atomic E-state index is 12.2. The number of ether oxygens (including phenoxy) is 4. The molecule has 0 spiro atoms. The summed E-state index contributed by atoms with van der Waals surface area (Å²) in [6, 6.07) is 11.9. The molecule has 0 aliphatic carbocycles. The van der Waals surface area contributed by atoms with E-state index in [9.17, 15) is 14.4 Å². The smallest absolute Gasteiger partial charge is 0.344 e. The van der Waals surface area contributed by atoms with Crippen LogP contribution < -0.4 is 19.5 Å². The standard InChI is InChI=1S/C22H23NO7/c1-3-18(24)16-5-7-17(8-6-16)27-12-21(25)30-14(2)22(26)23-11-15-4-9-19-20(10-15)29-13-28-19/h4-10,14H,3,11-13H2,1-2H3,(H,23,26)/t14-/m1/s1. The fraction of sp³-hybridized carbons (Fsp3) is 0.318. The van der Waals surface area contributed by atoms with Gasteiger partial charge in [0.05, 0.1) is 0 Å². The summed E-state index contributed by atoms with van der Waals surface area (Å²) < 4.78 is 21.0. The number of carbonyl (C=O) groups excluding carboxylic acids is 3. The Morgan fingerprint density at radius 1 is 1.07 bits per heavy atom. The molecule has 30 heavy (non-hydrogen) atoms. The van der Waals surface area contributed by atoms with E-state index in [-0.39, 0.29) is 25.7 Å². The minimum atomic E-state index is -0.973. The van der Waals surface area contributed by atoms with Gasteiger partial charge in [0, 0.05) is 18.5 Å². The normalized spacial score (nSPS) is 12.7. The Morgan fingerprint density at radius 2 is 1.80 bits per heavy atom. The lowest BCUT2D eigenvalue weighted by atomic mass is 10.1. The third kappa shape index (κ3) is 5.50. The highest BCUT2D eigenvalue weighted by atomic mass is 16.7. The van der Waals surface area contributed by atoms with Crippen LogP contribution in [0.4, 0.5) is 0 Å². The first-order chi connectivity index (χ1) is 14.5. The summed E-state index contributed by atoms with van der Waals surface area (Å²) in [7, 11) is 0. The highest BCUT2D eigenvalue weighted by molar-refractivity contribution is 5.95. The third-order valence-electron chi connectivity index (χ3n) is 4.44. The molecule has 0 aromatic heterocycles. The molecule has 3 rings (SSSR count). The summed E-state index contributed by atoms with van der Waals surface area (Å²) in [5.74, 6) is 0.656. The fourth-order valence-electron chi connectivity index (χ4n) is 2.75. The molecule has 2 aromatic rings. The van der Waals surface area contributed by atoms with E-state index in [1.54, 1.807) is 43.3 Å². The number of fused-ring (bicyclic) bond motifs is 1. The van der Waals surface area contributed by atoms with Gasteiger partial charge in [-0.3, -0.25) is 9.59 Å². The van der Waals surface area contributed by atoms with Crippen molar-refractivity contribution in [3.63, 3.8) is 0 Å². The van der Waals surface area contributed by atoms with E-state index < -0.39 is 18.0 Å². The lowest BCUT2D eigenvalue weighted by molar-refractivity contribution is -0.156. The number of hydrogen-bond donors (Lipinski definition) is 1. The molecule has 8 heteroatoms. The topological polar surface area (TPSA) is 100 Å². The number of rotatable bonds is 9. The molecule has 0 fully saturated rings. The Labute approximate surface area is 174 Å². The van der Waals surface area contributed by atoms with Crippen LogP contribution in [0.2, 0.25) is 0 Å². The van der Waals surface area contributed by atoms with E-state index >= 15 is 0 Å². The first-order valence-electron chi connectivity index (χ1n) is 9.58. The molecule has 158 valence electrons. The molecule has 0 unspecified atom stereocenters. The number of hydrogen-bond acceptors (Lipinski definition) is 7. The van der Waals surface area contributed by atoms with E-state index in [2.05, 4.69) is 5.32 Å². The maximum Gasteiger partial charge on any atom is 0.344 e. The van der Waals surface area contributed by atoms with E-state index in [1.165, 1.54) is 6.92 Å². The molecule has 0 saturated carbocycles. The van der Waals surface area contributed by atoms with E-state index in [4.69, 9.17) is 18.9 Å². The zero-order valence-corrected chi connectivity index (χ0v) is 16.8. The van der Waals surface area contributed by atoms with Crippen molar-refractivity contribution in [1.29, 1.82) is 0 Å². The third-order valence-corrected chi connectivity index (χ3v) is 4.44. The SMILES string of the molecule is CCC(=O)c1ccc(OCC(=O)O[C@H](C)C(=O)NCc2ccc3c(c2)OCO3)cc1. The Balaban J connectivity index is 1.41. The molecular formula is C22H23NO7. The lowest BCUT2D eigenvalue weighted by Gasteiger charge is -2.14. The van der Waals surface area contributed by atoms with E-state index in [0.717, 1.165) is 5.56 Å². The average Bonchev–Trinajstić information content (AvgIpc) is 3.23. The van der Waals surface area contributed by atoms with Crippen LogP contribution in [-0.4, -0.2) is 37.2 Å². The number of ketones is 1. The van der Waals surface area contributed by atoms with Gasteiger partial charge in [0.2, 0.25) is 6.79 Å². The Bertz CT molecular complexity index is 924. The van der Waals surface area contributed by atoms with Gasteiger partial charge < -0.3 is 24.3 Å². The first kappa shape index (κ1) is 21.2. The van der Waals surface area contributed by atoms with Crippen molar-refractivity contribution in [3.8, 4) is 17.2 Å². The van der Waals surface area contributed by atoms with Crippen LogP contribution in [0.15, 0.2) is 42.5 Å². The Kier molecular flexibility index (Phi) is 6.90. The summed E-state index contributed by atoms with van der Waals surface area (Å²) in [5.41, 5.74) is 1.42. The Hall–Kier alpha value is -3.55. The monoisotopic (exact) mass is 413 g/mol. The van der Waals surface area contributed by atoms with E-state index in [1.807, 2.05) is 6.07 Å². The fourth-order valence-corrected chi connectivity index (χ4v) is 2.75. The Morgan fingerprint density at radius 3 is 2.53 bits per heavy atom. The van der Waals surface area contributed by atoms with Gasteiger partial charge in [-0.25, -0.2) is 4.79 Å². The summed E-state index contributed by atoms with van der Waals surface area (Å²) in [6.07, 6.45) is -0.555. The molecule has 1 amide bonds. The number of esters is 1. The van der Waals surface area contributed by atoms with Gasteiger partial charge in [-0.15, -0.1) is 0 Å². The van der Waals surface area contributed by atoms with Gasteiger partial charge in [-0.2, -0.15) is 0 Å². The van der Waals surface area contributed by atoms with Crippen molar-refractivity contribution in [2.75, 3.05) is 13.4 Å². The zero-order chi connectivity index (χ0) is 21.5. The van der Waals surface area contributed by atoms with Crippen molar-refractivity contribution in [3.05, 3.63) is 53.6 Å². The van der Waals surface area contributed by atoms with Crippen LogP contribution >= 0.6 is 0 Å². The molecule has 0 bridgehead atoms. The first-order valence-corrected chi connectivity index (χ1v) is 9.58. The van der Waals surface area contributed by atoms with E-state index in [0.29, 0.717) is 29.2 Å². The van der Waals surface area contributed by atoms with Crippen LogP contribution in [0.1, 0.15) is 36.2 Å². The predicted molar refractivity (Wildman–Crippen MR) is 107 cm³/mol. The molecular weight excluding hydrogens is 390 g/mol. The second kappa shape index (κ2) is 9.78. The van der Waals surface area contributed by atoms with Crippen LogP contribution in [0, 0.1) is 0 Å². The highest BCUT2D eigenvalue weighted by Crippen LogP contribution is 2.32. The molecule has 2 aromatic carbocycles. The quantitative estimate of drug-likeness (QED) is 0.498. The van der Waals surface area contributed by atoms with Gasteiger partial charge in [-0.05, 0) is 48.9 Å². The van der Waals surface area contributed by atoms with Gasteiger partial charge >= 0.3 is 5.97 Å². The van der Waals surface area contributed by atoms with Crippen molar-refractivity contribution in [2.45, 2.75) is 32.9 Å². The molecule has 0 saturated heterocycles. The van der Waals surface area contributed by atoms with Crippen LogP contribution in [0.5, 0.6) is 17.2 Å². The van der Waals surface area contributed by atoms with Crippen LogP contribution in [-0.2, 0) is 20.9 Å². The van der Waals surface area contributed by atoms with Crippen molar-refractivity contribution < 1.29 is 33.3 Å². The molecule has 1 aliphatic heterocycles. The van der Waals surface area contributed by atoms with Gasteiger partial charge in [0.15, 0.2) is 30.0 Å². The van der Waals surface area contributed by atoms with Crippen LogP contribution in [0.3, 0.4) is 0 Å². The van der Waals surface area contributed by atoms with Crippen LogP contribution in [0.25, 0.3) is 0 Å². The minimum Gasteiger partial charge on any atom is -0.482 e. The van der Waals surface area contributed by atoms with Gasteiger partial charge in [0.1, 0.15) is 5.75 Å². The summed E-state index contributed by atoms with van der Waals surface area (Å²) >= 11 is 0. The van der Waals surface area contributed by atoms with Gasteiger partial charge in [0.25, 0.3) is 5.91 Å². The number of benzene rings is 2. The number of amides is 1. The van der Waals surface area contributed by atoms with Crippen molar-refractivity contribution in [1.82, 2.24) is 5.32 Å². The van der Waals surface area contributed by atoms with Gasteiger partial charge in [-0.1, -0.05) is 13.0 Å². The lowest BCUT2D eigenvalue weighted by Crippen LogP contribution is -2.36. The highest BCUT2D eigenvalue weighted by Gasteiger charge is 2.19. The summed E-state index contributed by atoms with van der Waals surface area (Å²) in [5, 5.41) is 2.71. The summed E-state index contributed by atoms with van der Waals surface area (Å²) in [4.78, 5) is 35.7. The molecule has 0 radical (unpaired) electrons. The van der Waals surface area contributed by atoms with Crippen molar-refractivity contribution in [2.24, 2.45) is 0 Å². The zero-order valence-electron chi connectivity index (χ0n) is 16.8. The minimum absolute atomic E-state index is 0.0292. The summed E-state index contributed by atoms with van der Waals surface area (Å²) in [6.45, 7) is 3.37. The maximum atomic E-state index is 12.2. The average molecular weight is 413 g/mol. The molecule has 8 nitrogen and oxygen atoms in total. The largest absolute Gasteiger partial charge is 0.482 e. The number of nitrogens with one attached hydrogen (secondary N) is 1. The molecule has 1 aliphatic rings. The molecule has 1 heterocycles. The van der Waals surface area contributed by atoms with Crippen molar-refractivity contribution >= 4 is 17.7 Å². The second-order valence-corrected chi connectivity index (χ2v) is 6.63. The number of carbonyl (C=O) groups is 3. The molecule has 1 N–H and O–H groups in total. The predicted octanol–water partition coefficient (Wildman–Crippen LogP) is 2.63. The second-order valence-electron chi connectivity index (χ2n) is 6.63. The molecule has 1 atom stereocenters.